The smallest absolute Gasteiger partial charge is 0.208 e. The van der Waals surface area contributed by atoms with Gasteiger partial charge in [-0.05, 0) is 13.8 Å². The van der Waals surface area contributed by atoms with Crippen LogP contribution >= 0.6 is 35.3 Å². The van der Waals surface area contributed by atoms with Gasteiger partial charge in [0.25, 0.3) is 0 Å². The van der Waals surface area contributed by atoms with Crippen LogP contribution < -0.4 is 15.4 Å². The van der Waals surface area contributed by atoms with E-state index in [0.717, 1.165) is 29.9 Å². The van der Waals surface area contributed by atoms with Crippen molar-refractivity contribution in [2.75, 3.05) is 32.9 Å². The molecule has 22 heavy (non-hydrogen) atoms. The maximum atomic E-state index is 10.9. The molecule has 0 bridgehead atoms. The van der Waals surface area contributed by atoms with Crippen LogP contribution in [0.2, 0.25) is 0 Å². The van der Waals surface area contributed by atoms with Crippen LogP contribution in [-0.4, -0.2) is 52.3 Å². The van der Waals surface area contributed by atoms with E-state index in [4.69, 9.17) is 0 Å². The number of rotatable bonds is 7. The normalized spacial score (nSPS) is 11.9. The van der Waals surface area contributed by atoms with Crippen LogP contribution in [0.25, 0.3) is 0 Å². The Morgan fingerprint density at radius 3 is 2.36 bits per heavy atom. The van der Waals surface area contributed by atoms with Crippen LogP contribution in [0.1, 0.15) is 15.6 Å². The molecule has 0 aliphatic heterocycles. The molecule has 0 aromatic carbocycles. The number of halogens is 1. The van der Waals surface area contributed by atoms with E-state index in [1.807, 2.05) is 6.92 Å². The lowest BCUT2D eigenvalue weighted by Gasteiger charge is -2.11. The number of hydrogen-bond acceptors (Lipinski definition) is 5. The van der Waals surface area contributed by atoms with Gasteiger partial charge in [-0.2, -0.15) is 0 Å². The third kappa shape index (κ3) is 8.86. The highest BCUT2D eigenvalue weighted by molar-refractivity contribution is 14.0. The summed E-state index contributed by atoms with van der Waals surface area (Å²) in [6, 6.07) is 0. The number of nitrogens with zero attached hydrogens (tertiary/aromatic N) is 2. The zero-order chi connectivity index (χ0) is 15.9. The molecule has 1 heterocycles. The number of aliphatic imine (C=N–C) groups is 1. The Hall–Kier alpha value is -0.460. The maximum Gasteiger partial charge on any atom is 0.208 e. The second kappa shape index (κ2) is 10.3. The summed E-state index contributed by atoms with van der Waals surface area (Å²) in [5.74, 6) is 0.648. The topological polar surface area (TPSA) is 95.5 Å². The van der Waals surface area contributed by atoms with Crippen molar-refractivity contribution in [3.63, 3.8) is 0 Å². The van der Waals surface area contributed by atoms with E-state index in [1.165, 1.54) is 4.88 Å². The molecule has 7 nitrogen and oxygen atoms in total. The first kappa shape index (κ1) is 21.5. The van der Waals surface area contributed by atoms with E-state index in [9.17, 15) is 8.42 Å². The molecule has 0 fully saturated rings. The first-order valence-corrected chi connectivity index (χ1v) is 9.34. The van der Waals surface area contributed by atoms with E-state index in [-0.39, 0.29) is 24.0 Å². The van der Waals surface area contributed by atoms with Crippen molar-refractivity contribution in [3.8, 4) is 0 Å². The van der Waals surface area contributed by atoms with Crippen LogP contribution in [0.5, 0.6) is 0 Å². The van der Waals surface area contributed by atoms with Gasteiger partial charge >= 0.3 is 0 Å². The molecule has 0 radical (unpaired) electrons. The quantitative estimate of drug-likeness (QED) is 0.240. The third-order valence-electron chi connectivity index (χ3n) is 2.71. The van der Waals surface area contributed by atoms with E-state index in [1.54, 1.807) is 18.4 Å². The second-order valence-corrected chi connectivity index (χ2v) is 7.71. The van der Waals surface area contributed by atoms with Crippen molar-refractivity contribution >= 4 is 51.3 Å². The van der Waals surface area contributed by atoms with Crippen molar-refractivity contribution in [2.24, 2.45) is 4.99 Å². The van der Waals surface area contributed by atoms with Gasteiger partial charge in [-0.3, -0.25) is 4.99 Å². The average molecular weight is 461 g/mol. The summed E-state index contributed by atoms with van der Waals surface area (Å²) in [4.78, 5) is 9.80. The van der Waals surface area contributed by atoms with E-state index < -0.39 is 10.0 Å². The zero-order valence-electron chi connectivity index (χ0n) is 13.3. The summed E-state index contributed by atoms with van der Waals surface area (Å²) in [5.41, 5.74) is 1.09. The Kier molecular flexibility index (Phi) is 10.1. The zero-order valence-corrected chi connectivity index (χ0v) is 17.2. The molecule has 0 spiro atoms. The highest BCUT2D eigenvalue weighted by atomic mass is 127. The monoisotopic (exact) mass is 461 g/mol. The predicted molar refractivity (Wildman–Crippen MR) is 103 cm³/mol. The first-order valence-electron chi connectivity index (χ1n) is 6.64. The van der Waals surface area contributed by atoms with Crippen molar-refractivity contribution in [3.05, 3.63) is 15.6 Å². The summed E-state index contributed by atoms with van der Waals surface area (Å²) in [5, 5.41) is 7.32. The van der Waals surface area contributed by atoms with Gasteiger partial charge in [0.2, 0.25) is 10.0 Å². The van der Waals surface area contributed by atoms with Crippen LogP contribution in [0.3, 0.4) is 0 Å². The van der Waals surface area contributed by atoms with E-state index in [2.05, 4.69) is 32.3 Å². The number of guanidine groups is 1. The molecule has 10 heteroatoms. The fourth-order valence-corrected chi connectivity index (χ4v) is 2.98. The minimum Gasteiger partial charge on any atom is -0.356 e. The summed E-state index contributed by atoms with van der Waals surface area (Å²) in [7, 11) is -1.46. The van der Waals surface area contributed by atoms with Gasteiger partial charge in [0.05, 0.1) is 17.0 Å². The number of aromatic nitrogens is 1. The molecule has 0 saturated heterocycles. The van der Waals surface area contributed by atoms with Gasteiger partial charge < -0.3 is 10.6 Å². The van der Waals surface area contributed by atoms with Gasteiger partial charge in [-0.25, -0.2) is 18.1 Å². The summed E-state index contributed by atoms with van der Waals surface area (Å²) in [6.07, 6.45) is 1.97. The molecular weight excluding hydrogens is 437 g/mol. The molecule has 1 aromatic heterocycles. The summed E-state index contributed by atoms with van der Waals surface area (Å²) < 4.78 is 24.2. The highest BCUT2D eigenvalue weighted by Crippen LogP contribution is 2.16. The van der Waals surface area contributed by atoms with Gasteiger partial charge in [0, 0.05) is 38.0 Å². The Morgan fingerprint density at radius 1 is 1.23 bits per heavy atom. The van der Waals surface area contributed by atoms with Crippen LogP contribution in [0, 0.1) is 13.8 Å². The van der Waals surface area contributed by atoms with Crippen molar-refractivity contribution in [1.82, 2.24) is 20.3 Å². The first-order chi connectivity index (χ1) is 9.81. The molecule has 1 rings (SSSR count). The van der Waals surface area contributed by atoms with Crippen LogP contribution in [0.15, 0.2) is 4.99 Å². The van der Waals surface area contributed by atoms with Gasteiger partial charge in [0.15, 0.2) is 5.96 Å². The Morgan fingerprint density at radius 2 is 1.86 bits per heavy atom. The minimum atomic E-state index is -3.14. The number of nitrogens with one attached hydrogen (secondary N) is 3. The molecule has 128 valence electrons. The molecule has 0 saturated carbocycles. The standard InChI is InChI=1S/C12H23N5O2S2.HI/c1-9-10(2)20-11(17-9)5-6-14-12(13-3)15-7-8-16-21(4,18)19;/h16H,5-8H2,1-4H3,(H2,13,14,15);1H. The Labute approximate surface area is 153 Å². The minimum absolute atomic E-state index is 0. The number of hydrogen-bond donors (Lipinski definition) is 3. The van der Waals surface area contributed by atoms with Crippen molar-refractivity contribution in [2.45, 2.75) is 20.3 Å². The molecule has 1 aromatic rings. The SMILES string of the molecule is CN=C(NCCNS(C)(=O)=O)NCCc1nc(C)c(C)s1.I. The molecular formula is C12H24IN5O2S2. The van der Waals surface area contributed by atoms with Crippen molar-refractivity contribution in [1.29, 1.82) is 0 Å². The third-order valence-corrected chi connectivity index (χ3v) is 4.57. The molecule has 0 aliphatic carbocycles. The summed E-state index contributed by atoms with van der Waals surface area (Å²) in [6.45, 7) is 5.61. The molecule has 0 unspecified atom stereocenters. The van der Waals surface area contributed by atoms with Crippen LogP contribution in [0.4, 0.5) is 0 Å². The Bertz CT molecular complexity index is 567. The molecule has 3 N–H and O–H groups in total. The Balaban J connectivity index is 0.00000441. The molecule has 0 atom stereocenters. The highest BCUT2D eigenvalue weighted by Gasteiger charge is 2.04. The fraction of sp³-hybridized carbons (Fsp3) is 0.667. The average Bonchev–Trinajstić information content (AvgIpc) is 2.70. The lowest BCUT2D eigenvalue weighted by atomic mass is 10.4. The number of sulfonamides is 1. The maximum absolute atomic E-state index is 10.9. The van der Waals surface area contributed by atoms with Crippen LogP contribution in [-0.2, 0) is 16.4 Å². The van der Waals surface area contributed by atoms with Gasteiger partial charge in [0.1, 0.15) is 0 Å². The fourth-order valence-electron chi connectivity index (χ4n) is 1.57. The second-order valence-electron chi connectivity index (χ2n) is 4.59. The molecule has 0 aliphatic rings. The van der Waals surface area contributed by atoms with Crippen molar-refractivity contribution < 1.29 is 8.42 Å². The molecule has 0 amide bonds. The largest absolute Gasteiger partial charge is 0.356 e. The number of thiazole rings is 1. The lowest BCUT2D eigenvalue weighted by Crippen LogP contribution is -2.42. The van der Waals surface area contributed by atoms with E-state index in [0.29, 0.717) is 19.0 Å². The van der Waals surface area contributed by atoms with Gasteiger partial charge in [-0.1, -0.05) is 0 Å². The van der Waals surface area contributed by atoms with E-state index >= 15 is 0 Å². The predicted octanol–water partition coefficient (Wildman–Crippen LogP) is 0.635. The van der Waals surface area contributed by atoms with Gasteiger partial charge in [-0.15, -0.1) is 35.3 Å². The lowest BCUT2D eigenvalue weighted by molar-refractivity contribution is 0.586. The number of aryl methyl sites for hydroxylation is 2. The summed E-state index contributed by atoms with van der Waals surface area (Å²) >= 11 is 1.71.